The molecule has 0 aromatic heterocycles. The number of carbonyl (C=O) groups excluding carboxylic acids is 1. The molecule has 17 heavy (non-hydrogen) atoms. The molecule has 1 amide bonds. The molecule has 0 spiro atoms. The zero-order valence-electron chi connectivity index (χ0n) is 11.0. The standard InChI is InChI=1S/C11H22N2O3S/c1-9(2)5-8-17(15,16)13-7-6-12-10(14)11(13,3)4/h9H,5-8H2,1-4H3,(H,12,14). The van der Waals surface area contributed by atoms with Gasteiger partial charge in [0.15, 0.2) is 0 Å². The molecule has 100 valence electrons. The summed E-state index contributed by atoms with van der Waals surface area (Å²) in [6, 6.07) is 0. The van der Waals surface area contributed by atoms with Crippen LogP contribution in [0.15, 0.2) is 0 Å². The number of amides is 1. The maximum atomic E-state index is 12.2. The Labute approximate surface area is 104 Å². The van der Waals surface area contributed by atoms with E-state index in [2.05, 4.69) is 5.32 Å². The predicted octanol–water partition coefficient (Wildman–Crippen LogP) is 0.573. The third kappa shape index (κ3) is 3.19. The highest BCUT2D eigenvalue weighted by Crippen LogP contribution is 2.22. The molecule has 0 aromatic rings. The number of hydrogen-bond acceptors (Lipinski definition) is 3. The van der Waals surface area contributed by atoms with Crippen molar-refractivity contribution < 1.29 is 13.2 Å². The van der Waals surface area contributed by atoms with Crippen molar-refractivity contribution in [2.24, 2.45) is 5.92 Å². The molecule has 6 heteroatoms. The van der Waals surface area contributed by atoms with E-state index in [0.717, 1.165) is 0 Å². The van der Waals surface area contributed by atoms with Crippen molar-refractivity contribution in [1.82, 2.24) is 9.62 Å². The minimum absolute atomic E-state index is 0.112. The highest BCUT2D eigenvalue weighted by molar-refractivity contribution is 7.89. The van der Waals surface area contributed by atoms with Gasteiger partial charge in [-0.15, -0.1) is 0 Å². The first kappa shape index (κ1) is 14.4. The van der Waals surface area contributed by atoms with Gasteiger partial charge in [0.05, 0.1) is 5.75 Å². The lowest BCUT2D eigenvalue weighted by molar-refractivity contribution is -0.131. The zero-order valence-corrected chi connectivity index (χ0v) is 11.8. The summed E-state index contributed by atoms with van der Waals surface area (Å²) in [6.45, 7) is 8.03. The van der Waals surface area contributed by atoms with Gasteiger partial charge in [0.1, 0.15) is 5.54 Å². The molecular weight excluding hydrogens is 240 g/mol. The van der Waals surface area contributed by atoms with Crippen LogP contribution in [-0.4, -0.2) is 43.0 Å². The van der Waals surface area contributed by atoms with Gasteiger partial charge in [-0.1, -0.05) is 13.8 Å². The van der Waals surface area contributed by atoms with Crippen LogP contribution in [0.3, 0.4) is 0 Å². The van der Waals surface area contributed by atoms with Crippen molar-refractivity contribution >= 4 is 15.9 Å². The number of piperazine rings is 1. The van der Waals surface area contributed by atoms with Crippen molar-refractivity contribution in [2.45, 2.75) is 39.7 Å². The van der Waals surface area contributed by atoms with Crippen molar-refractivity contribution in [3.8, 4) is 0 Å². The van der Waals surface area contributed by atoms with E-state index in [-0.39, 0.29) is 11.7 Å². The van der Waals surface area contributed by atoms with E-state index in [1.807, 2.05) is 13.8 Å². The minimum Gasteiger partial charge on any atom is -0.353 e. The Morgan fingerprint density at radius 2 is 2.00 bits per heavy atom. The monoisotopic (exact) mass is 262 g/mol. The Balaban J connectivity index is 2.86. The normalized spacial score (nSPS) is 21.6. The van der Waals surface area contributed by atoms with Gasteiger partial charge in [-0.05, 0) is 26.2 Å². The molecule has 1 heterocycles. The average molecular weight is 262 g/mol. The highest BCUT2D eigenvalue weighted by Gasteiger charge is 2.43. The SMILES string of the molecule is CC(C)CCS(=O)(=O)N1CCNC(=O)C1(C)C. The minimum atomic E-state index is -3.35. The summed E-state index contributed by atoms with van der Waals surface area (Å²) in [7, 11) is -3.35. The second-order valence-electron chi connectivity index (χ2n) is 5.39. The fourth-order valence-electron chi connectivity index (χ4n) is 1.86. The molecule has 0 atom stereocenters. The summed E-state index contributed by atoms with van der Waals surface area (Å²) in [5, 5.41) is 2.69. The largest absolute Gasteiger partial charge is 0.353 e. The predicted molar refractivity (Wildman–Crippen MR) is 67.0 cm³/mol. The molecule has 0 saturated carbocycles. The quantitative estimate of drug-likeness (QED) is 0.805. The van der Waals surface area contributed by atoms with Gasteiger partial charge < -0.3 is 5.32 Å². The molecule has 0 radical (unpaired) electrons. The Morgan fingerprint density at radius 3 is 2.53 bits per heavy atom. The van der Waals surface area contributed by atoms with Crippen LogP contribution >= 0.6 is 0 Å². The van der Waals surface area contributed by atoms with E-state index in [4.69, 9.17) is 0 Å². The second kappa shape index (κ2) is 4.94. The first-order valence-corrected chi connectivity index (χ1v) is 7.57. The van der Waals surface area contributed by atoms with Crippen molar-refractivity contribution in [2.75, 3.05) is 18.8 Å². The Kier molecular flexibility index (Phi) is 4.19. The first-order chi connectivity index (χ1) is 7.68. The molecular formula is C11H22N2O3S. The van der Waals surface area contributed by atoms with Crippen LogP contribution < -0.4 is 5.32 Å². The van der Waals surface area contributed by atoms with E-state index in [1.165, 1.54) is 4.31 Å². The van der Waals surface area contributed by atoms with E-state index >= 15 is 0 Å². The van der Waals surface area contributed by atoms with Crippen LogP contribution in [0.25, 0.3) is 0 Å². The molecule has 1 rings (SSSR count). The van der Waals surface area contributed by atoms with Gasteiger partial charge in [-0.3, -0.25) is 4.79 Å². The third-order valence-electron chi connectivity index (χ3n) is 3.07. The van der Waals surface area contributed by atoms with Crippen LogP contribution in [0.1, 0.15) is 34.1 Å². The lowest BCUT2D eigenvalue weighted by Gasteiger charge is -2.40. The lowest BCUT2D eigenvalue weighted by atomic mass is 10.0. The highest BCUT2D eigenvalue weighted by atomic mass is 32.2. The van der Waals surface area contributed by atoms with E-state index in [0.29, 0.717) is 25.4 Å². The van der Waals surface area contributed by atoms with Gasteiger partial charge in [-0.25, -0.2) is 8.42 Å². The smallest absolute Gasteiger partial charge is 0.241 e. The Bertz CT molecular complexity index is 388. The van der Waals surface area contributed by atoms with Crippen molar-refractivity contribution in [3.63, 3.8) is 0 Å². The molecule has 5 nitrogen and oxygen atoms in total. The maximum Gasteiger partial charge on any atom is 0.241 e. The van der Waals surface area contributed by atoms with Gasteiger partial charge >= 0.3 is 0 Å². The number of nitrogens with zero attached hydrogens (tertiary/aromatic N) is 1. The molecule has 1 aliphatic rings. The zero-order chi connectivity index (χ0) is 13.3. The topological polar surface area (TPSA) is 66.5 Å². The molecule has 0 aromatic carbocycles. The Morgan fingerprint density at radius 1 is 1.41 bits per heavy atom. The summed E-state index contributed by atoms with van der Waals surface area (Å²) in [4.78, 5) is 11.7. The van der Waals surface area contributed by atoms with E-state index in [9.17, 15) is 13.2 Å². The average Bonchev–Trinajstić information content (AvgIpc) is 2.19. The van der Waals surface area contributed by atoms with Crippen LogP contribution in [0.2, 0.25) is 0 Å². The van der Waals surface area contributed by atoms with Crippen LogP contribution in [0.4, 0.5) is 0 Å². The molecule has 0 bridgehead atoms. The third-order valence-corrected chi connectivity index (χ3v) is 5.13. The molecule has 0 unspecified atom stereocenters. The molecule has 1 saturated heterocycles. The molecule has 1 N–H and O–H groups in total. The van der Waals surface area contributed by atoms with Gasteiger partial charge in [0.2, 0.25) is 15.9 Å². The lowest BCUT2D eigenvalue weighted by Crippen LogP contribution is -2.63. The molecule has 1 aliphatic heterocycles. The van der Waals surface area contributed by atoms with Gasteiger partial charge in [-0.2, -0.15) is 4.31 Å². The summed E-state index contributed by atoms with van der Waals surface area (Å²) in [5.74, 6) is 0.227. The fraction of sp³-hybridized carbons (Fsp3) is 0.909. The number of sulfonamides is 1. The van der Waals surface area contributed by atoms with Crippen molar-refractivity contribution in [3.05, 3.63) is 0 Å². The van der Waals surface area contributed by atoms with Gasteiger partial charge in [0, 0.05) is 13.1 Å². The summed E-state index contributed by atoms with van der Waals surface area (Å²) in [6.07, 6.45) is 0.622. The number of rotatable bonds is 4. The van der Waals surface area contributed by atoms with Crippen LogP contribution in [-0.2, 0) is 14.8 Å². The summed E-state index contributed by atoms with van der Waals surface area (Å²) in [5.41, 5.74) is -0.978. The second-order valence-corrected chi connectivity index (χ2v) is 7.40. The van der Waals surface area contributed by atoms with E-state index in [1.54, 1.807) is 13.8 Å². The Hall–Kier alpha value is -0.620. The van der Waals surface area contributed by atoms with Gasteiger partial charge in [0.25, 0.3) is 0 Å². The fourth-order valence-corrected chi connectivity index (χ4v) is 4.00. The number of nitrogens with one attached hydrogen (secondary N) is 1. The first-order valence-electron chi connectivity index (χ1n) is 5.97. The van der Waals surface area contributed by atoms with Crippen molar-refractivity contribution in [1.29, 1.82) is 0 Å². The summed E-state index contributed by atoms with van der Waals surface area (Å²) >= 11 is 0. The molecule has 1 fully saturated rings. The maximum absolute atomic E-state index is 12.2. The van der Waals surface area contributed by atoms with Crippen LogP contribution in [0.5, 0.6) is 0 Å². The van der Waals surface area contributed by atoms with Crippen LogP contribution in [0, 0.1) is 5.92 Å². The van der Waals surface area contributed by atoms with E-state index < -0.39 is 15.6 Å². The number of hydrogen-bond donors (Lipinski definition) is 1. The summed E-state index contributed by atoms with van der Waals surface area (Å²) < 4.78 is 25.7. The number of carbonyl (C=O) groups is 1. The molecule has 0 aliphatic carbocycles.